The van der Waals surface area contributed by atoms with Crippen molar-refractivity contribution in [3.63, 3.8) is 0 Å². The van der Waals surface area contributed by atoms with E-state index in [9.17, 15) is 9.59 Å². The molecule has 0 bridgehead atoms. The van der Waals surface area contributed by atoms with Crippen LogP contribution in [0.3, 0.4) is 0 Å². The van der Waals surface area contributed by atoms with Gasteiger partial charge in [-0.1, -0.05) is 49.4 Å². The average molecular weight is 428 g/mol. The van der Waals surface area contributed by atoms with Crippen LogP contribution in [0.2, 0.25) is 0 Å². The molecule has 30 heavy (non-hydrogen) atoms. The second-order valence-electron chi connectivity index (χ2n) is 7.45. The monoisotopic (exact) mass is 427 g/mol. The molecule has 3 rings (SSSR count). The smallest absolute Gasteiger partial charge is 0.328 e. The lowest BCUT2D eigenvalue weighted by Crippen LogP contribution is -2.13. The maximum absolute atomic E-state index is 9.55. The van der Waals surface area contributed by atoms with Gasteiger partial charge in [0.25, 0.3) is 0 Å². The molecule has 160 valence electrons. The molecule has 1 aliphatic heterocycles. The fraction of sp³-hybridized carbons (Fsp3) is 0.333. The molecule has 2 N–H and O–H groups in total. The lowest BCUT2D eigenvalue weighted by atomic mass is 9.88. The summed E-state index contributed by atoms with van der Waals surface area (Å²) in [6.45, 7) is 3.51. The Balaban J connectivity index is 0.000000343. The van der Waals surface area contributed by atoms with Gasteiger partial charge in [0.2, 0.25) is 0 Å². The van der Waals surface area contributed by atoms with Crippen molar-refractivity contribution in [3.8, 4) is 0 Å². The van der Waals surface area contributed by atoms with Gasteiger partial charge in [-0.05, 0) is 56.2 Å². The first-order valence-electron chi connectivity index (χ1n) is 9.92. The van der Waals surface area contributed by atoms with Gasteiger partial charge in [-0.15, -0.1) is 11.8 Å². The van der Waals surface area contributed by atoms with E-state index in [0.717, 1.165) is 6.54 Å². The van der Waals surface area contributed by atoms with E-state index in [-0.39, 0.29) is 0 Å². The molecule has 0 amide bonds. The van der Waals surface area contributed by atoms with Crippen LogP contribution in [0.5, 0.6) is 0 Å². The molecular weight excluding hydrogens is 398 g/mol. The molecule has 0 spiro atoms. The molecule has 0 saturated carbocycles. The summed E-state index contributed by atoms with van der Waals surface area (Å²) >= 11 is 2.06. The molecule has 2 unspecified atom stereocenters. The Morgan fingerprint density at radius 1 is 0.933 bits per heavy atom. The molecule has 0 aliphatic carbocycles. The highest BCUT2D eigenvalue weighted by molar-refractivity contribution is 7.99. The largest absolute Gasteiger partial charge is 0.478 e. The number of carboxylic acid groups (broad SMARTS) is 2. The Labute approximate surface area is 182 Å². The molecule has 1 aliphatic rings. The summed E-state index contributed by atoms with van der Waals surface area (Å²) in [7, 11) is 4.32. The van der Waals surface area contributed by atoms with Crippen molar-refractivity contribution in [1.82, 2.24) is 4.90 Å². The Bertz CT molecular complexity index is 878. The Kier molecular flexibility index (Phi) is 9.15. The van der Waals surface area contributed by atoms with Crippen LogP contribution in [0.15, 0.2) is 65.6 Å². The number of aliphatic carboxylic acids is 2. The second-order valence-corrected chi connectivity index (χ2v) is 8.69. The Hall–Kier alpha value is -2.57. The molecule has 5 nitrogen and oxygen atoms in total. The summed E-state index contributed by atoms with van der Waals surface area (Å²) in [5.74, 6) is -2.03. The van der Waals surface area contributed by atoms with Crippen LogP contribution in [-0.2, 0) is 9.59 Å². The first-order chi connectivity index (χ1) is 14.3. The van der Waals surface area contributed by atoms with Crippen LogP contribution in [0.4, 0.5) is 0 Å². The number of hydrogen-bond donors (Lipinski definition) is 2. The predicted molar refractivity (Wildman–Crippen MR) is 121 cm³/mol. The van der Waals surface area contributed by atoms with E-state index in [0.29, 0.717) is 23.3 Å². The van der Waals surface area contributed by atoms with Crippen LogP contribution < -0.4 is 0 Å². The zero-order valence-corrected chi connectivity index (χ0v) is 18.4. The summed E-state index contributed by atoms with van der Waals surface area (Å²) < 4.78 is 0. The minimum atomic E-state index is -1.26. The third-order valence-corrected chi connectivity index (χ3v) is 6.30. The quantitative estimate of drug-likeness (QED) is 0.629. The van der Waals surface area contributed by atoms with Crippen LogP contribution in [-0.4, -0.2) is 47.7 Å². The van der Waals surface area contributed by atoms with Crippen molar-refractivity contribution in [2.75, 3.05) is 20.6 Å². The topological polar surface area (TPSA) is 77.8 Å². The highest BCUT2D eigenvalue weighted by Crippen LogP contribution is 2.48. The standard InChI is InChI=1S/C20H25NS.C4H4O4/c1-15-16-9-4-5-11-18(16)20(13-8-14-21(2)3)22-19-12-7-6-10-17(15)19;5-3(6)1-2-4(7)8/h4-7,9-12,15,20H,8,13-14H2,1-3H3;1-2H,(H,5,6)(H,7,8)/b;2-1-. The number of rotatable bonds is 6. The van der Waals surface area contributed by atoms with Crippen LogP contribution in [0.1, 0.15) is 47.6 Å². The first kappa shape index (κ1) is 23.7. The minimum absolute atomic E-state index is 0.485. The lowest BCUT2D eigenvalue weighted by molar-refractivity contribution is -0.134. The number of nitrogens with zero attached hydrogens (tertiary/aromatic N) is 1. The van der Waals surface area contributed by atoms with Gasteiger partial charge in [-0.2, -0.15) is 0 Å². The van der Waals surface area contributed by atoms with Crippen molar-refractivity contribution < 1.29 is 19.8 Å². The van der Waals surface area contributed by atoms with Gasteiger partial charge in [0, 0.05) is 28.2 Å². The number of hydrogen-bond acceptors (Lipinski definition) is 4. The third kappa shape index (κ3) is 7.04. The number of benzene rings is 2. The van der Waals surface area contributed by atoms with E-state index in [4.69, 9.17) is 10.2 Å². The molecule has 0 aromatic heterocycles. The van der Waals surface area contributed by atoms with Crippen molar-refractivity contribution in [3.05, 3.63) is 77.4 Å². The molecule has 0 saturated heterocycles. The fourth-order valence-electron chi connectivity index (χ4n) is 3.48. The van der Waals surface area contributed by atoms with E-state index in [1.807, 2.05) is 0 Å². The van der Waals surface area contributed by atoms with Crippen molar-refractivity contribution >= 4 is 23.7 Å². The number of carboxylic acids is 2. The summed E-state index contributed by atoms with van der Waals surface area (Å²) in [6, 6.07) is 18.0. The zero-order valence-electron chi connectivity index (χ0n) is 17.6. The van der Waals surface area contributed by atoms with Crippen LogP contribution in [0.25, 0.3) is 0 Å². The molecule has 0 fully saturated rings. The van der Waals surface area contributed by atoms with Crippen LogP contribution >= 0.6 is 11.8 Å². The molecule has 2 aromatic rings. The molecular formula is C24H29NO4S. The zero-order chi connectivity index (χ0) is 22.1. The summed E-state index contributed by atoms with van der Waals surface area (Å²) in [5, 5.41) is 16.2. The maximum atomic E-state index is 9.55. The van der Waals surface area contributed by atoms with Gasteiger partial charge in [0.05, 0.1) is 0 Å². The number of carbonyl (C=O) groups is 2. The van der Waals surface area contributed by atoms with E-state index in [1.54, 1.807) is 0 Å². The van der Waals surface area contributed by atoms with Gasteiger partial charge >= 0.3 is 11.9 Å². The minimum Gasteiger partial charge on any atom is -0.478 e. The van der Waals surface area contributed by atoms with E-state index >= 15 is 0 Å². The van der Waals surface area contributed by atoms with Crippen molar-refractivity contribution in [2.45, 2.75) is 35.8 Å². The molecule has 2 atom stereocenters. The van der Waals surface area contributed by atoms with Crippen molar-refractivity contribution in [2.24, 2.45) is 0 Å². The third-order valence-electron chi connectivity index (χ3n) is 4.90. The fourth-order valence-corrected chi connectivity index (χ4v) is 4.95. The average Bonchev–Trinajstić information content (AvgIpc) is 2.82. The second kappa shape index (κ2) is 11.6. The van der Waals surface area contributed by atoms with Gasteiger partial charge in [-0.3, -0.25) is 0 Å². The van der Waals surface area contributed by atoms with E-state index in [1.165, 1.54) is 34.4 Å². The van der Waals surface area contributed by atoms with Gasteiger partial charge in [0.15, 0.2) is 0 Å². The molecule has 2 aromatic carbocycles. The first-order valence-corrected chi connectivity index (χ1v) is 10.8. The van der Waals surface area contributed by atoms with Gasteiger partial charge in [0.1, 0.15) is 0 Å². The number of thioether (sulfide) groups is 1. The molecule has 6 heteroatoms. The SMILES string of the molecule is CC1c2ccccc2SC(CCCN(C)C)c2ccccc21.O=C(O)/C=C\C(=O)O. The van der Waals surface area contributed by atoms with E-state index < -0.39 is 11.9 Å². The predicted octanol–water partition coefficient (Wildman–Crippen LogP) is 5.04. The highest BCUT2D eigenvalue weighted by atomic mass is 32.2. The summed E-state index contributed by atoms with van der Waals surface area (Å²) in [4.78, 5) is 22.8. The Morgan fingerprint density at radius 2 is 1.47 bits per heavy atom. The maximum Gasteiger partial charge on any atom is 0.328 e. The molecule has 0 radical (unpaired) electrons. The Morgan fingerprint density at radius 3 is 2.03 bits per heavy atom. The van der Waals surface area contributed by atoms with Gasteiger partial charge < -0.3 is 15.1 Å². The summed E-state index contributed by atoms with van der Waals surface area (Å²) in [5.41, 5.74) is 4.53. The van der Waals surface area contributed by atoms with Gasteiger partial charge in [-0.25, -0.2) is 9.59 Å². The number of fused-ring (bicyclic) bond motifs is 2. The van der Waals surface area contributed by atoms with Crippen molar-refractivity contribution in [1.29, 1.82) is 0 Å². The van der Waals surface area contributed by atoms with Crippen LogP contribution in [0, 0.1) is 0 Å². The molecule has 1 heterocycles. The normalized spacial score (nSPS) is 17.5. The highest BCUT2D eigenvalue weighted by Gasteiger charge is 2.26. The lowest BCUT2D eigenvalue weighted by Gasteiger charge is -2.19. The summed E-state index contributed by atoms with van der Waals surface area (Å²) in [6.07, 6.45) is 3.60. The van der Waals surface area contributed by atoms with E-state index in [2.05, 4.69) is 86.2 Å².